The van der Waals surface area contributed by atoms with Crippen LogP contribution in [0.3, 0.4) is 0 Å². The van der Waals surface area contributed by atoms with Gasteiger partial charge in [-0.05, 0) is 55.4 Å². The molecule has 0 aliphatic heterocycles. The summed E-state index contributed by atoms with van der Waals surface area (Å²) in [5, 5.41) is 3.73. The summed E-state index contributed by atoms with van der Waals surface area (Å²) in [6.45, 7) is 9.38. The molecule has 0 radical (unpaired) electrons. The zero-order chi connectivity index (χ0) is 13.9. The average Bonchev–Trinajstić information content (AvgIpc) is 2.92. The van der Waals surface area contributed by atoms with Gasteiger partial charge in [0.25, 0.3) is 0 Å². The van der Waals surface area contributed by atoms with Crippen LogP contribution >= 0.6 is 0 Å². The predicted octanol–water partition coefficient (Wildman–Crippen LogP) is 3.56. The highest BCUT2D eigenvalue weighted by Crippen LogP contribution is 2.47. The Kier molecular flexibility index (Phi) is 5.30. The topological polar surface area (TPSA) is 38.0 Å². The largest absolute Gasteiger partial charge is 0.327 e. The minimum absolute atomic E-state index is 0.441. The maximum absolute atomic E-state index is 6.37. The highest BCUT2D eigenvalue weighted by molar-refractivity contribution is 4.99. The van der Waals surface area contributed by atoms with Crippen LogP contribution in [-0.2, 0) is 0 Å². The van der Waals surface area contributed by atoms with Gasteiger partial charge >= 0.3 is 0 Å². The Labute approximate surface area is 119 Å². The lowest BCUT2D eigenvalue weighted by Gasteiger charge is -2.31. The van der Waals surface area contributed by atoms with Crippen LogP contribution in [0.15, 0.2) is 0 Å². The van der Waals surface area contributed by atoms with Gasteiger partial charge in [0.05, 0.1) is 0 Å². The Morgan fingerprint density at radius 1 is 1.16 bits per heavy atom. The molecule has 0 aromatic rings. The van der Waals surface area contributed by atoms with Gasteiger partial charge in [0.15, 0.2) is 0 Å². The van der Waals surface area contributed by atoms with E-state index in [1.165, 1.54) is 44.9 Å². The standard InChI is InChI=1S/C17H34N2/c1-4-5-6-9-17(2,3)12-19-11-15-13-7-8-14(10-13)16(15)18/h13-16,19H,4-12,18H2,1-3H3. The molecule has 112 valence electrons. The van der Waals surface area contributed by atoms with Gasteiger partial charge in [-0.3, -0.25) is 0 Å². The van der Waals surface area contributed by atoms with E-state index in [-0.39, 0.29) is 0 Å². The fourth-order valence-electron chi connectivity index (χ4n) is 4.28. The summed E-state index contributed by atoms with van der Waals surface area (Å²) < 4.78 is 0. The van der Waals surface area contributed by atoms with Crippen LogP contribution in [0.4, 0.5) is 0 Å². The number of nitrogens with one attached hydrogen (secondary N) is 1. The molecule has 2 saturated carbocycles. The Hall–Kier alpha value is -0.0800. The van der Waals surface area contributed by atoms with Crippen LogP contribution in [0.5, 0.6) is 0 Å². The zero-order valence-corrected chi connectivity index (χ0v) is 13.3. The molecule has 2 nitrogen and oxygen atoms in total. The molecule has 2 aliphatic rings. The Morgan fingerprint density at radius 2 is 1.89 bits per heavy atom. The van der Waals surface area contributed by atoms with Gasteiger partial charge in [0.2, 0.25) is 0 Å². The molecule has 2 aliphatic carbocycles. The van der Waals surface area contributed by atoms with E-state index in [1.54, 1.807) is 0 Å². The first kappa shape index (κ1) is 15.3. The smallest absolute Gasteiger partial charge is 0.0110 e. The highest BCUT2D eigenvalue weighted by atomic mass is 14.9. The van der Waals surface area contributed by atoms with Gasteiger partial charge in [-0.15, -0.1) is 0 Å². The van der Waals surface area contributed by atoms with Crippen molar-refractivity contribution in [2.75, 3.05) is 13.1 Å². The number of rotatable bonds is 8. The minimum atomic E-state index is 0.441. The van der Waals surface area contributed by atoms with Crippen LogP contribution in [0.1, 0.15) is 65.7 Å². The Morgan fingerprint density at radius 3 is 2.53 bits per heavy atom. The molecule has 4 atom stereocenters. The van der Waals surface area contributed by atoms with Gasteiger partial charge in [-0.1, -0.05) is 40.0 Å². The molecule has 2 fully saturated rings. The first-order valence-electron chi connectivity index (χ1n) is 8.50. The molecule has 0 saturated heterocycles. The van der Waals surface area contributed by atoms with Crippen molar-refractivity contribution in [1.29, 1.82) is 0 Å². The van der Waals surface area contributed by atoms with Gasteiger partial charge in [0, 0.05) is 12.6 Å². The lowest BCUT2D eigenvalue weighted by Crippen LogP contribution is -2.43. The summed E-state index contributed by atoms with van der Waals surface area (Å²) in [6.07, 6.45) is 9.66. The van der Waals surface area contributed by atoms with Crippen molar-refractivity contribution in [3.05, 3.63) is 0 Å². The molecule has 0 aromatic heterocycles. The first-order chi connectivity index (χ1) is 9.03. The van der Waals surface area contributed by atoms with Crippen LogP contribution in [0, 0.1) is 23.2 Å². The highest BCUT2D eigenvalue weighted by Gasteiger charge is 2.45. The molecular formula is C17H34N2. The van der Waals surface area contributed by atoms with E-state index in [1.807, 2.05) is 0 Å². The number of fused-ring (bicyclic) bond motifs is 2. The van der Waals surface area contributed by atoms with E-state index in [0.29, 0.717) is 11.5 Å². The summed E-state index contributed by atoms with van der Waals surface area (Å²) in [4.78, 5) is 0. The van der Waals surface area contributed by atoms with Crippen molar-refractivity contribution >= 4 is 0 Å². The lowest BCUT2D eigenvalue weighted by molar-refractivity contribution is 0.249. The molecule has 2 bridgehead atoms. The number of nitrogens with two attached hydrogens (primary N) is 1. The second-order valence-corrected chi connectivity index (χ2v) is 7.83. The monoisotopic (exact) mass is 266 g/mol. The third kappa shape index (κ3) is 3.95. The lowest BCUT2D eigenvalue weighted by atomic mass is 9.84. The van der Waals surface area contributed by atoms with E-state index in [9.17, 15) is 0 Å². The summed E-state index contributed by atoms with van der Waals surface area (Å²) in [5.74, 6) is 2.52. The van der Waals surface area contributed by atoms with E-state index in [4.69, 9.17) is 5.73 Å². The fraction of sp³-hybridized carbons (Fsp3) is 1.00. The Balaban J connectivity index is 1.66. The third-order valence-electron chi connectivity index (χ3n) is 5.60. The van der Waals surface area contributed by atoms with Crippen molar-refractivity contribution in [3.63, 3.8) is 0 Å². The first-order valence-corrected chi connectivity index (χ1v) is 8.50. The van der Waals surface area contributed by atoms with Crippen LogP contribution in [-0.4, -0.2) is 19.1 Å². The maximum atomic E-state index is 6.37. The molecule has 3 N–H and O–H groups in total. The summed E-state index contributed by atoms with van der Waals surface area (Å²) in [5.41, 5.74) is 6.81. The summed E-state index contributed by atoms with van der Waals surface area (Å²) in [7, 11) is 0. The Bertz CT molecular complexity index is 272. The van der Waals surface area contributed by atoms with Crippen molar-refractivity contribution < 1.29 is 0 Å². The SMILES string of the molecule is CCCCCC(C)(C)CNCC1C2CCC(C2)C1N. The van der Waals surface area contributed by atoms with E-state index in [2.05, 4.69) is 26.1 Å². The van der Waals surface area contributed by atoms with Crippen molar-refractivity contribution in [1.82, 2.24) is 5.32 Å². The third-order valence-corrected chi connectivity index (χ3v) is 5.60. The second kappa shape index (κ2) is 6.58. The minimum Gasteiger partial charge on any atom is -0.327 e. The molecule has 19 heavy (non-hydrogen) atoms. The molecule has 0 spiro atoms. The van der Waals surface area contributed by atoms with Gasteiger partial charge < -0.3 is 11.1 Å². The van der Waals surface area contributed by atoms with Crippen LogP contribution in [0.25, 0.3) is 0 Å². The molecule has 0 amide bonds. The quantitative estimate of drug-likeness (QED) is 0.659. The second-order valence-electron chi connectivity index (χ2n) is 7.83. The van der Waals surface area contributed by atoms with E-state index < -0.39 is 0 Å². The summed E-state index contributed by atoms with van der Waals surface area (Å²) >= 11 is 0. The molecular weight excluding hydrogens is 232 g/mol. The van der Waals surface area contributed by atoms with Crippen molar-refractivity contribution in [3.8, 4) is 0 Å². The normalized spacial score (nSPS) is 34.1. The van der Waals surface area contributed by atoms with Crippen LogP contribution < -0.4 is 11.1 Å². The number of unbranched alkanes of at least 4 members (excludes halogenated alkanes) is 2. The van der Waals surface area contributed by atoms with E-state index in [0.717, 1.165) is 30.8 Å². The number of hydrogen-bond acceptors (Lipinski definition) is 2. The average molecular weight is 266 g/mol. The zero-order valence-electron chi connectivity index (χ0n) is 13.3. The molecule has 0 heterocycles. The van der Waals surface area contributed by atoms with Gasteiger partial charge in [-0.2, -0.15) is 0 Å². The molecule has 2 heteroatoms. The van der Waals surface area contributed by atoms with Gasteiger partial charge in [-0.25, -0.2) is 0 Å². The summed E-state index contributed by atoms with van der Waals surface area (Å²) in [6, 6.07) is 0.481. The predicted molar refractivity (Wildman–Crippen MR) is 83.1 cm³/mol. The maximum Gasteiger partial charge on any atom is 0.0110 e. The number of hydrogen-bond donors (Lipinski definition) is 2. The van der Waals surface area contributed by atoms with Crippen LogP contribution in [0.2, 0.25) is 0 Å². The van der Waals surface area contributed by atoms with Gasteiger partial charge in [0.1, 0.15) is 0 Å². The van der Waals surface area contributed by atoms with Crippen molar-refractivity contribution in [2.24, 2.45) is 28.9 Å². The molecule has 0 aromatic carbocycles. The van der Waals surface area contributed by atoms with Crippen molar-refractivity contribution in [2.45, 2.75) is 71.8 Å². The van der Waals surface area contributed by atoms with E-state index >= 15 is 0 Å². The molecule has 2 rings (SSSR count). The fourth-order valence-corrected chi connectivity index (χ4v) is 4.28. The molecule has 4 unspecified atom stereocenters.